The van der Waals surface area contributed by atoms with Crippen LogP contribution < -0.4 is 5.32 Å². The maximum Gasteiger partial charge on any atom is 0.0465 e. The molecular formula is C14H21BrClN. The van der Waals surface area contributed by atoms with Gasteiger partial charge in [-0.15, -0.1) is 0 Å². The lowest BCUT2D eigenvalue weighted by Gasteiger charge is -2.23. The number of benzene rings is 1. The average Bonchev–Trinajstić information content (AvgIpc) is 2.32. The molecule has 0 aliphatic carbocycles. The van der Waals surface area contributed by atoms with Crippen LogP contribution in [0.25, 0.3) is 0 Å². The molecule has 96 valence electrons. The van der Waals surface area contributed by atoms with Crippen LogP contribution >= 0.6 is 27.5 Å². The molecule has 0 spiro atoms. The fourth-order valence-electron chi connectivity index (χ4n) is 2.14. The lowest BCUT2D eigenvalue weighted by Crippen LogP contribution is -2.20. The van der Waals surface area contributed by atoms with Gasteiger partial charge in [-0.3, -0.25) is 0 Å². The van der Waals surface area contributed by atoms with Gasteiger partial charge in [-0.1, -0.05) is 60.3 Å². The summed E-state index contributed by atoms with van der Waals surface area (Å²) in [5.74, 6) is 0.757. The molecule has 0 aromatic heterocycles. The van der Waals surface area contributed by atoms with Crippen molar-refractivity contribution in [3.63, 3.8) is 0 Å². The molecule has 0 saturated heterocycles. The molecule has 0 aliphatic rings. The highest BCUT2D eigenvalue weighted by Crippen LogP contribution is 2.31. The van der Waals surface area contributed by atoms with E-state index >= 15 is 0 Å². The van der Waals surface area contributed by atoms with E-state index in [4.69, 9.17) is 11.6 Å². The van der Waals surface area contributed by atoms with Crippen molar-refractivity contribution in [2.75, 3.05) is 7.05 Å². The number of nitrogens with one attached hydrogen (secondary N) is 1. The lowest BCUT2D eigenvalue weighted by molar-refractivity contribution is 0.385. The molecule has 0 heterocycles. The Hall–Kier alpha value is -0.0500. The maximum atomic E-state index is 6.30. The highest BCUT2D eigenvalue weighted by molar-refractivity contribution is 9.10. The summed E-state index contributed by atoms with van der Waals surface area (Å²) < 4.78 is 1.03. The third-order valence-corrected chi connectivity index (χ3v) is 4.23. The molecule has 1 aromatic carbocycles. The van der Waals surface area contributed by atoms with E-state index in [9.17, 15) is 0 Å². The smallest absolute Gasteiger partial charge is 0.0465 e. The van der Waals surface area contributed by atoms with E-state index in [1.165, 1.54) is 18.4 Å². The second-order valence-electron chi connectivity index (χ2n) is 4.43. The monoisotopic (exact) mass is 317 g/mol. The van der Waals surface area contributed by atoms with Crippen LogP contribution in [0.5, 0.6) is 0 Å². The summed E-state index contributed by atoms with van der Waals surface area (Å²) >= 11 is 9.74. The van der Waals surface area contributed by atoms with Crippen LogP contribution in [-0.2, 0) is 0 Å². The highest BCUT2D eigenvalue weighted by atomic mass is 79.9. The molecule has 3 heteroatoms. The molecule has 0 amide bonds. The fraction of sp³-hybridized carbons (Fsp3) is 0.571. The zero-order valence-electron chi connectivity index (χ0n) is 10.8. The van der Waals surface area contributed by atoms with Crippen LogP contribution in [0.1, 0.15) is 44.7 Å². The molecule has 1 rings (SSSR count). The second-order valence-corrected chi connectivity index (χ2v) is 5.75. The third kappa shape index (κ3) is 4.27. The van der Waals surface area contributed by atoms with Crippen molar-refractivity contribution >= 4 is 27.5 Å². The van der Waals surface area contributed by atoms with Crippen molar-refractivity contribution in [1.82, 2.24) is 5.32 Å². The van der Waals surface area contributed by atoms with Crippen LogP contribution in [0, 0.1) is 5.92 Å². The van der Waals surface area contributed by atoms with E-state index in [0.29, 0.717) is 6.04 Å². The summed E-state index contributed by atoms with van der Waals surface area (Å²) in [6.45, 7) is 4.51. The average molecular weight is 319 g/mol. The first-order valence-corrected chi connectivity index (χ1v) is 7.41. The third-order valence-electron chi connectivity index (χ3n) is 3.41. The Kier molecular flexibility index (Phi) is 6.53. The first-order valence-electron chi connectivity index (χ1n) is 6.24. The van der Waals surface area contributed by atoms with Gasteiger partial charge < -0.3 is 5.32 Å². The van der Waals surface area contributed by atoms with Crippen LogP contribution in [0.4, 0.5) is 0 Å². The van der Waals surface area contributed by atoms with Gasteiger partial charge in [0.25, 0.3) is 0 Å². The normalized spacial score (nSPS) is 13.1. The van der Waals surface area contributed by atoms with Gasteiger partial charge in [-0.05, 0) is 37.1 Å². The topological polar surface area (TPSA) is 12.0 Å². The van der Waals surface area contributed by atoms with Crippen LogP contribution in [-0.4, -0.2) is 7.05 Å². The van der Waals surface area contributed by atoms with E-state index in [1.807, 2.05) is 13.1 Å². The van der Waals surface area contributed by atoms with Crippen molar-refractivity contribution in [3.05, 3.63) is 33.3 Å². The van der Waals surface area contributed by atoms with E-state index in [1.54, 1.807) is 0 Å². The van der Waals surface area contributed by atoms with Crippen LogP contribution in [0.2, 0.25) is 5.02 Å². The Morgan fingerprint density at radius 1 is 1.29 bits per heavy atom. The van der Waals surface area contributed by atoms with Gasteiger partial charge in [0.05, 0.1) is 0 Å². The molecule has 1 atom stereocenters. The first-order chi connectivity index (χ1) is 8.12. The van der Waals surface area contributed by atoms with Gasteiger partial charge in [-0.25, -0.2) is 0 Å². The maximum absolute atomic E-state index is 6.30. The number of halogens is 2. The summed E-state index contributed by atoms with van der Waals surface area (Å²) in [6, 6.07) is 6.48. The highest BCUT2D eigenvalue weighted by Gasteiger charge is 2.16. The molecule has 0 bridgehead atoms. The van der Waals surface area contributed by atoms with Crippen LogP contribution in [0.15, 0.2) is 22.7 Å². The van der Waals surface area contributed by atoms with Gasteiger partial charge in [0.1, 0.15) is 0 Å². The molecule has 17 heavy (non-hydrogen) atoms. The number of hydrogen-bond donors (Lipinski definition) is 1. The van der Waals surface area contributed by atoms with Gasteiger partial charge in [0.15, 0.2) is 0 Å². The van der Waals surface area contributed by atoms with E-state index < -0.39 is 0 Å². The minimum absolute atomic E-state index is 0.348. The Bertz CT molecular complexity index is 350. The first kappa shape index (κ1) is 15.0. The minimum Gasteiger partial charge on any atom is -0.313 e. The predicted octanol–water partition coefficient (Wildman–Crippen LogP) is 5.19. The Morgan fingerprint density at radius 2 is 1.94 bits per heavy atom. The number of hydrogen-bond acceptors (Lipinski definition) is 1. The molecule has 0 saturated carbocycles. The van der Waals surface area contributed by atoms with E-state index in [0.717, 1.165) is 21.8 Å². The summed E-state index contributed by atoms with van der Waals surface area (Å²) in [5, 5.41) is 4.22. The summed E-state index contributed by atoms with van der Waals surface area (Å²) in [6.07, 6.45) is 3.59. The van der Waals surface area contributed by atoms with E-state index in [-0.39, 0.29) is 0 Å². The summed E-state index contributed by atoms with van der Waals surface area (Å²) in [7, 11) is 2.01. The van der Waals surface area contributed by atoms with Gasteiger partial charge in [0.2, 0.25) is 0 Å². The van der Waals surface area contributed by atoms with Gasteiger partial charge >= 0.3 is 0 Å². The lowest BCUT2D eigenvalue weighted by atomic mass is 9.91. The molecular weight excluding hydrogens is 298 g/mol. The Morgan fingerprint density at radius 3 is 2.41 bits per heavy atom. The molecule has 0 aliphatic heterocycles. The molecule has 1 N–H and O–H groups in total. The van der Waals surface area contributed by atoms with Crippen LogP contribution in [0.3, 0.4) is 0 Å². The molecule has 1 unspecified atom stereocenters. The largest absolute Gasteiger partial charge is 0.313 e. The molecule has 0 fully saturated rings. The van der Waals surface area contributed by atoms with Crippen molar-refractivity contribution in [2.45, 2.75) is 39.2 Å². The Labute approximate surface area is 118 Å². The van der Waals surface area contributed by atoms with Gasteiger partial charge in [0, 0.05) is 15.5 Å². The second kappa shape index (κ2) is 7.40. The zero-order chi connectivity index (χ0) is 12.8. The van der Waals surface area contributed by atoms with Gasteiger partial charge in [-0.2, -0.15) is 0 Å². The summed E-state index contributed by atoms with van der Waals surface area (Å²) in [5.41, 5.74) is 1.20. The number of rotatable bonds is 6. The molecule has 1 nitrogen and oxygen atoms in total. The van der Waals surface area contributed by atoms with Crippen molar-refractivity contribution in [1.29, 1.82) is 0 Å². The minimum atomic E-state index is 0.348. The SMILES string of the molecule is CCC(CC)CC(NC)c1ccc(Br)cc1Cl. The van der Waals surface area contributed by atoms with Crippen molar-refractivity contribution in [3.8, 4) is 0 Å². The summed E-state index contributed by atoms with van der Waals surface area (Å²) in [4.78, 5) is 0. The van der Waals surface area contributed by atoms with Crippen molar-refractivity contribution in [2.24, 2.45) is 5.92 Å². The van der Waals surface area contributed by atoms with E-state index in [2.05, 4.69) is 47.2 Å². The molecule has 1 aromatic rings. The van der Waals surface area contributed by atoms with Crippen molar-refractivity contribution < 1.29 is 0 Å². The standard InChI is InChI=1S/C14H21BrClN/c1-4-10(5-2)8-14(17-3)12-7-6-11(15)9-13(12)16/h6-7,9-10,14,17H,4-5,8H2,1-3H3. The fourth-order valence-corrected chi connectivity index (χ4v) is 2.94. The molecule has 0 radical (unpaired) electrons. The quantitative estimate of drug-likeness (QED) is 0.761. The Balaban J connectivity index is 2.85. The predicted molar refractivity (Wildman–Crippen MR) is 79.6 cm³/mol. The zero-order valence-corrected chi connectivity index (χ0v) is 13.1.